The van der Waals surface area contributed by atoms with Crippen LogP contribution in [0.25, 0.3) is 11.7 Å². The van der Waals surface area contributed by atoms with Gasteiger partial charge in [-0.05, 0) is 30.2 Å². The van der Waals surface area contributed by atoms with Crippen LogP contribution in [0.4, 0.5) is 0 Å². The molecule has 0 atom stereocenters. The third kappa shape index (κ3) is 4.22. The second-order valence-corrected chi connectivity index (χ2v) is 8.63. The SMILES string of the molecule is Cc1ccc(C(C)(C)c2ccc(Sc3cnc(-c4nnc(C)o4)nc3)cc2)cc1. The fourth-order valence-corrected chi connectivity index (χ4v) is 3.83. The quantitative estimate of drug-likeness (QED) is 0.432. The number of nitrogens with zero attached hydrogens (tertiary/aromatic N) is 4. The number of aromatic nitrogens is 4. The molecule has 2 heterocycles. The monoisotopic (exact) mass is 402 g/mol. The van der Waals surface area contributed by atoms with E-state index in [2.05, 4.69) is 89.5 Å². The summed E-state index contributed by atoms with van der Waals surface area (Å²) in [5, 5.41) is 7.75. The molecule has 0 aliphatic heterocycles. The van der Waals surface area contributed by atoms with E-state index < -0.39 is 0 Å². The molecule has 146 valence electrons. The second kappa shape index (κ2) is 7.79. The number of aryl methyl sites for hydroxylation is 2. The van der Waals surface area contributed by atoms with E-state index in [4.69, 9.17) is 4.42 Å². The molecule has 0 fully saturated rings. The van der Waals surface area contributed by atoms with E-state index in [1.807, 2.05) is 0 Å². The highest BCUT2D eigenvalue weighted by atomic mass is 32.2. The standard InChI is InChI=1S/C23H22N4OS/c1-15-5-7-17(8-6-15)23(3,4)18-9-11-19(12-10-18)29-20-13-24-21(25-14-20)22-27-26-16(2)28-22/h5-14H,1-4H3. The van der Waals surface area contributed by atoms with Crippen LogP contribution in [0.3, 0.4) is 0 Å². The molecular formula is C23H22N4OS. The molecule has 0 bridgehead atoms. The van der Waals surface area contributed by atoms with Crippen LogP contribution in [0, 0.1) is 13.8 Å². The third-order valence-electron chi connectivity index (χ3n) is 4.93. The van der Waals surface area contributed by atoms with Crippen LogP contribution >= 0.6 is 11.8 Å². The normalized spacial score (nSPS) is 11.6. The van der Waals surface area contributed by atoms with Crippen molar-refractivity contribution in [1.29, 1.82) is 0 Å². The summed E-state index contributed by atoms with van der Waals surface area (Å²) in [6, 6.07) is 17.4. The van der Waals surface area contributed by atoms with Gasteiger partial charge in [-0.1, -0.05) is 67.6 Å². The van der Waals surface area contributed by atoms with Gasteiger partial charge in [-0.15, -0.1) is 10.2 Å². The van der Waals surface area contributed by atoms with Gasteiger partial charge in [0.2, 0.25) is 11.7 Å². The molecule has 0 unspecified atom stereocenters. The van der Waals surface area contributed by atoms with Gasteiger partial charge >= 0.3 is 0 Å². The van der Waals surface area contributed by atoms with Crippen LogP contribution in [0.15, 0.2) is 75.1 Å². The zero-order valence-corrected chi connectivity index (χ0v) is 17.7. The van der Waals surface area contributed by atoms with Gasteiger partial charge in [0.05, 0.1) is 0 Å². The summed E-state index contributed by atoms with van der Waals surface area (Å²) in [4.78, 5) is 10.8. The van der Waals surface area contributed by atoms with Gasteiger partial charge in [0.1, 0.15) is 0 Å². The predicted molar refractivity (Wildman–Crippen MR) is 114 cm³/mol. The Labute approximate surface area is 174 Å². The summed E-state index contributed by atoms with van der Waals surface area (Å²) >= 11 is 1.62. The van der Waals surface area contributed by atoms with Gasteiger partial charge in [0.15, 0.2) is 0 Å². The summed E-state index contributed by atoms with van der Waals surface area (Å²) in [6.45, 7) is 8.36. The Morgan fingerprint density at radius 2 is 1.34 bits per heavy atom. The highest BCUT2D eigenvalue weighted by Gasteiger charge is 2.22. The van der Waals surface area contributed by atoms with Crippen molar-refractivity contribution in [3.63, 3.8) is 0 Å². The predicted octanol–water partition coefficient (Wildman–Crippen LogP) is 5.62. The van der Waals surface area contributed by atoms with E-state index in [1.54, 1.807) is 31.1 Å². The molecule has 0 N–H and O–H groups in total. The summed E-state index contributed by atoms with van der Waals surface area (Å²) in [7, 11) is 0. The Hall–Kier alpha value is -2.99. The van der Waals surface area contributed by atoms with Crippen molar-refractivity contribution in [2.45, 2.75) is 42.9 Å². The zero-order valence-electron chi connectivity index (χ0n) is 16.9. The molecule has 0 saturated heterocycles. The zero-order chi connectivity index (χ0) is 20.4. The Bertz CT molecular complexity index is 1100. The molecule has 6 heteroatoms. The lowest BCUT2D eigenvalue weighted by Gasteiger charge is -2.26. The minimum absolute atomic E-state index is 0.0517. The summed E-state index contributed by atoms with van der Waals surface area (Å²) < 4.78 is 5.36. The number of hydrogen-bond donors (Lipinski definition) is 0. The minimum Gasteiger partial charge on any atom is -0.418 e. The molecule has 0 aliphatic rings. The van der Waals surface area contributed by atoms with Crippen molar-refractivity contribution in [2.24, 2.45) is 0 Å². The molecule has 0 amide bonds. The van der Waals surface area contributed by atoms with Crippen molar-refractivity contribution < 1.29 is 4.42 Å². The maximum atomic E-state index is 5.36. The van der Waals surface area contributed by atoms with E-state index in [0.717, 1.165) is 9.79 Å². The van der Waals surface area contributed by atoms with Gasteiger partial charge in [0.25, 0.3) is 5.89 Å². The summed E-state index contributed by atoms with van der Waals surface area (Å²) in [5.41, 5.74) is 3.82. The van der Waals surface area contributed by atoms with Crippen LogP contribution in [-0.4, -0.2) is 20.2 Å². The molecule has 2 aromatic carbocycles. The van der Waals surface area contributed by atoms with E-state index >= 15 is 0 Å². The van der Waals surface area contributed by atoms with Crippen molar-refractivity contribution in [1.82, 2.24) is 20.2 Å². The van der Waals surface area contributed by atoms with Crippen molar-refractivity contribution in [2.75, 3.05) is 0 Å². The first-order valence-electron chi connectivity index (χ1n) is 9.40. The second-order valence-electron chi connectivity index (χ2n) is 7.49. The van der Waals surface area contributed by atoms with E-state index in [1.165, 1.54) is 16.7 Å². The molecule has 2 aromatic heterocycles. The van der Waals surface area contributed by atoms with Crippen LogP contribution in [0.1, 0.15) is 36.4 Å². The molecule has 0 radical (unpaired) electrons. The minimum atomic E-state index is -0.0517. The summed E-state index contributed by atoms with van der Waals surface area (Å²) in [6.07, 6.45) is 3.55. The van der Waals surface area contributed by atoms with Crippen LogP contribution in [-0.2, 0) is 5.41 Å². The van der Waals surface area contributed by atoms with Gasteiger partial charge in [-0.2, -0.15) is 0 Å². The highest BCUT2D eigenvalue weighted by Crippen LogP contribution is 2.34. The first-order valence-corrected chi connectivity index (χ1v) is 10.2. The fraction of sp³-hybridized carbons (Fsp3) is 0.217. The van der Waals surface area contributed by atoms with Crippen molar-refractivity contribution in [3.8, 4) is 11.7 Å². The first kappa shape index (κ1) is 19.3. The van der Waals surface area contributed by atoms with E-state index in [0.29, 0.717) is 17.6 Å². The molecule has 4 aromatic rings. The van der Waals surface area contributed by atoms with Crippen molar-refractivity contribution in [3.05, 3.63) is 83.5 Å². The van der Waals surface area contributed by atoms with E-state index in [9.17, 15) is 0 Å². The fourth-order valence-electron chi connectivity index (χ4n) is 3.08. The highest BCUT2D eigenvalue weighted by molar-refractivity contribution is 7.99. The van der Waals surface area contributed by atoms with Crippen LogP contribution in [0.5, 0.6) is 0 Å². The lowest BCUT2D eigenvalue weighted by atomic mass is 9.78. The lowest BCUT2D eigenvalue weighted by Crippen LogP contribution is -2.18. The van der Waals surface area contributed by atoms with Gasteiger partial charge < -0.3 is 4.42 Å². The van der Waals surface area contributed by atoms with Crippen molar-refractivity contribution >= 4 is 11.8 Å². The molecule has 0 spiro atoms. The first-order chi connectivity index (χ1) is 13.9. The van der Waals surface area contributed by atoms with E-state index in [-0.39, 0.29) is 5.41 Å². The average molecular weight is 403 g/mol. The largest absolute Gasteiger partial charge is 0.418 e. The maximum Gasteiger partial charge on any atom is 0.285 e. The Balaban J connectivity index is 1.48. The average Bonchev–Trinajstić information content (AvgIpc) is 3.16. The molecule has 5 nitrogen and oxygen atoms in total. The molecule has 4 rings (SSSR count). The molecule has 0 aliphatic carbocycles. The maximum absolute atomic E-state index is 5.36. The summed E-state index contributed by atoms with van der Waals surface area (Å²) in [5.74, 6) is 1.27. The number of hydrogen-bond acceptors (Lipinski definition) is 6. The number of rotatable bonds is 5. The molecule has 0 saturated carbocycles. The Kier molecular flexibility index (Phi) is 5.20. The van der Waals surface area contributed by atoms with Gasteiger partial charge in [-0.25, -0.2) is 9.97 Å². The van der Waals surface area contributed by atoms with Gasteiger partial charge in [-0.3, -0.25) is 0 Å². The third-order valence-corrected chi connectivity index (χ3v) is 5.88. The topological polar surface area (TPSA) is 64.7 Å². The van der Waals surface area contributed by atoms with Gasteiger partial charge in [0, 0.05) is 34.5 Å². The molecular weight excluding hydrogens is 380 g/mol. The number of benzene rings is 2. The van der Waals surface area contributed by atoms with Crippen LogP contribution in [0.2, 0.25) is 0 Å². The van der Waals surface area contributed by atoms with Crippen LogP contribution < -0.4 is 0 Å². The smallest absolute Gasteiger partial charge is 0.285 e. The Morgan fingerprint density at radius 1 is 0.759 bits per heavy atom. The lowest BCUT2D eigenvalue weighted by molar-refractivity contribution is 0.528. The molecule has 29 heavy (non-hydrogen) atoms. The Morgan fingerprint density at radius 3 is 1.90 bits per heavy atom.